The van der Waals surface area contributed by atoms with Gasteiger partial charge in [0.2, 0.25) is 17.7 Å². The average Bonchev–Trinajstić information content (AvgIpc) is 2.34. The normalized spacial score (nSPS) is 35.2. The van der Waals surface area contributed by atoms with E-state index in [1.807, 2.05) is 6.92 Å². The van der Waals surface area contributed by atoms with Crippen molar-refractivity contribution >= 4 is 17.7 Å². The first-order valence-electron chi connectivity index (χ1n) is 7.24. The molecule has 110 valence electrons. The molecule has 0 radical (unpaired) electrons. The molecule has 4 aliphatic rings. The highest BCUT2D eigenvalue weighted by Crippen LogP contribution is 2.67. The van der Waals surface area contributed by atoms with Crippen LogP contribution in [0.4, 0.5) is 0 Å². The first-order valence-corrected chi connectivity index (χ1v) is 7.24. The van der Waals surface area contributed by atoms with Gasteiger partial charge in [0.1, 0.15) is 0 Å². The highest BCUT2D eigenvalue weighted by Gasteiger charge is 2.72. The molecule has 6 heteroatoms. The van der Waals surface area contributed by atoms with Crippen LogP contribution in [0.2, 0.25) is 0 Å². The predicted molar refractivity (Wildman–Crippen MR) is 71.7 cm³/mol. The molecular weight excluding hydrogens is 258 g/mol. The zero-order chi connectivity index (χ0) is 14.5. The van der Waals surface area contributed by atoms with E-state index in [1.54, 1.807) is 16.8 Å². The van der Waals surface area contributed by atoms with Gasteiger partial charge in [-0.2, -0.15) is 0 Å². The van der Waals surface area contributed by atoms with Crippen molar-refractivity contribution in [3.63, 3.8) is 0 Å². The van der Waals surface area contributed by atoms with Crippen LogP contribution in [0, 0.1) is 5.41 Å². The maximum Gasteiger partial charge on any atom is 0.241 e. The van der Waals surface area contributed by atoms with E-state index in [2.05, 4.69) is 5.32 Å². The monoisotopic (exact) mass is 279 g/mol. The number of nitrogens with one attached hydrogen (secondary N) is 1. The van der Waals surface area contributed by atoms with Gasteiger partial charge in [-0.25, -0.2) is 0 Å². The number of carbonyl (C=O) groups excluding carboxylic acids is 3. The molecule has 0 unspecified atom stereocenters. The first kappa shape index (κ1) is 13.4. The molecule has 4 rings (SSSR count). The molecule has 2 bridgehead atoms. The second-order valence-corrected chi connectivity index (χ2v) is 6.53. The van der Waals surface area contributed by atoms with Gasteiger partial charge < -0.3 is 15.1 Å². The van der Waals surface area contributed by atoms with Crippen LogP contribution in [0.5, 0.6) is 0 Å². The smallest absolute Gasteiger partial charge is 0.241 e. The van der Waals surface area contributed by atoms with Crippen LogP contribution in [-0.2, 0) is 14.4 Å². The summed E-state index contributed by atoms with van der Waals surface area (Å²) in [5.41, 5.74) is -0.420. The SMILES string of the molecule is CCC(=O)NC12CC(C(=O)N3CCN(C)C(=O)C3)(C1)C2. The minimum Gasteiger partial charge on any atom is -0.351 e. The minimum absolute atomic E-state index is 0.00481. The van der Waals surface area contributed by atoms with Crippen molar-refractivity contribution in [2.45, 2.75) is 38.1 Å². The summed E-state index contributed by atoms with van der Waals surface area (Å²) >= 11 is 0. The maximum absolute atomic E-state index is 12.5. The molecule has 4 fully saturated rings. The highest BCUT2D eigenvalue weighted by molar-refractivity contribution is 5.92. The lowest BCUT2D eigenvalue weighted by molar-refractivity contribution is -0.195. The Balaban J connectivity index is 1.57. The number of amides is 3. The van der Waals surface area contributed by atoms with Gasteiger partial charge in [0, 0.05) is 32.1 Å². The van der Waals surface area contributed by atoms with Crippen molar-refractivity contribution in [1.29, 1.82) is 0 Å². The van der Waals surface area contributed by atoms with Crippen LogP contribution >= 0.6 is 0 Å². The van der Waals surface area contributed by atoms with Gasteiger partial charge in [-0.15, -0.1) is 0 Å². The fourth-order valence-corrected chi connectivity index (χ4v) is 3.80. The summed E-state index contributed by atoms with van der Waals surface area (Å²) in [6, 6.07) is 0. The van der Waals surface area contributed by atoms with Crippen molar-refractivity contribution in [3.05, 3.63) is 0 Å². The number of nitrogens with zero attached hydrogens (tertiary/aromatic N) is 2. The summed E-state index contributed by atoms with van der Waals surface area (Å²) in [6.07, 6.45) is 2.71. The number of hydrogen-bond acceptors (Lipinski definition) is 3. The number of piperazine rings is 1. The Hall–Kier alpha value is -1.59. The number of rotatable bonds is 3. The van der Waals surface area contributed by atoms with E-state index in [0.717, 1.165) is 19.3 Å². The Morgan fingerprint density at radius 3 is 2.45 bits per heavy atom. The van der Waals surface area contributed by atoms with Crippen LogP contribution in [0.3, 0.4) is 0 Å². The van der Waals surface area contributed by atoms with Gasteiger partial charge in [-0.05, 0) is 19.3 Å². The summed E-state index contributed by atoms with van der Waals surface area (Å²) in [5.74, 6) is 0.164. The fourth-order valence-electron chi connectivity index (χ4n) is 3.80. The molecule has 1 saturated heterocycles. The second-order valence-electron chi connectivity index (χ2n) is 6.53. The lowest BCUT2D eigenvalue weighted by Gasteiger charge is -2.69. The molecule has 3 aliphatic carbocycles. The van der Waals surface area contributed by atoms with Crippen LogP contribution in [0.25, 0.3) is 0 Å². The Kier molecular flexibility index (Phi) is 2.81. The van der Waals surface area contributed by atoms with Gasteiger partial charge in [-0.1, -0.05) is 6.92 Å². The van der Waals surface area contributed by atoms with Crippen molar-refractivity contribution in [1.82, 2.24) is 15.1 Å². The summed E-state index contributed by atoms with van der Waals surface area (Å²) in [6.45, 7) is 3.26. The minimum atomic E-state index is -0.294. The standard InChI is InChI=1S/C14H21N3O3/c1-3-10(18)15-14-7-13(8-14,9-14)12(20)17-5-4-16(2)11(19)6-17/h3-9H2,1-2H3,(H,15,18). The summed E-state index contributed by atoms with van der Waals surface area (Å²) < 4.78 is 0. The highest BCUT2D eigenvalue weighted by atomic mass is 16.2. The zero-order valence-corrected chi connectivity index (χ0v) is 12.1. The van der Waals surface area contributed by atoms with Gasteiger partial charge in [0.25, 0.3) is 0 Å². The van der Waals surface area contributed by atoms with Crippen molar-refractivity contribution in [3.8, 4) is 0 Å². The van der Waals surface area contributed by atoms with Crippen LogP contribution in [-0.4, -0.2) is 59.7 Å². The lowest BCUT2D eigenvalue weighted by Crippen LogP contribution is -2.78. The molecule has 0 aromatic carbocycles. The topological polar surface area (TPSA) is 69.7 Å². The Labute approximate surface area is 118 Å². The molecule has 0 atom stereocenters. The van der Waals surface area contributed by atoms with E-state index >= 15 is 0 Å². The molecular formula is C14H21N3O3. The molecule has 1 aliphatic heterocycles. The quantitative estimate of drug-likeness (QED) is 0.773. The van der Waals surface area contributed by atoms with Gasteiger partial charge in [0.05, 0.1) is 12.0 Å². The van der Waals surface area contributed by atoms with Gasteiger partial charge in [-0.3, -0.25) is 14.4 Å². The molecule has 0 spiro atoms. The van der Waals surface area contributed by atoms with E-state index in [-0.39, 0.29) is 35.2 Å². The van der Waals surface area contributed by atoms with E-state index in [4.69, 9.17) is 0 Å². The molecule has 6 nitrogen and oxygen atoms in total. The largest absolute Gasteiger partial charge is 0.351 e. The maximum atomic E-state index is 12.5. The summed E-state index contributed by atoms with van der Waals surface area (Å²) in [4.78, 5) is 39.0. The average molecular weight is 279 g/mol. The van der Waals surface area contributed by atoms with E-state index < -0.39 is 0 Å². The van der Waals surface area contributed by atoms with Crippen LogP contribution in [0.15, 0.2) is 0 Å². The third kappa shape index (κ3) is 1.81. The molecule has 0 aromatic heterocycles. The van der Waals surface area contributed by atoms with E-state index in [1.165, 1.54) is 0 Å². The number of likely N-dealkylation sites (N-methyl/N-ethyl adjacent to an activating group) is 1. The third-order valence-corrected chi connectivity index (χ3v) is 4.95. The predicted octanol–water partition coefficient (Wildman–Crippen LogP) is -0.264. The Bertz CT molecular complexity index is 468. The van der Waals surface area contributed by atoms with Gasteiger partial charge >= 0.3 is 0 Å². The first-order chi connectivity index (χ1) is 9.40. The molecule has 0 aromatic rings. The van der Waals surface area contributed by atoms with Crippen molar-refractivity contribution in [2.75, 3.05) is 26.7 Å². The summed E-state index contributed by atoms with van der Waals surface area (Å²) in [7, 11) is 1.76. The Morgan fingerprint density at radius 2 is 1.90 bits per heavy atom. The molecule has 1 heterocycles. The number of hydrogen-bond donors (Lipinski definition) is 1. The summed E-state index contributed by atoms with van der Waals surface area (Å²) in [5, 5.41) is 3.02. The van der Waals surface area contributed by atoms with Gasteiger partial charge in [0.15, 0.2) is 0 Å². The Morgan fingerprint density at radius 1 is 1.25 bits per heavy atom. The molecule has 3 amide bonds. The molecule has 1 N–H and O–H groups in total. The molecule has 20 heavy (non-hydrogen) atoms. The van der Waals surface area contributed by atoms with E-state index in [9.17, 15) is 14.4 Å². The van der Waals surface area contributed by atoms with Crippen LogP contribution < -0.4 is 5.32 Å². The van der Waals surface area contributed by atoms with E-state index in [0.29, 0.717) is 19.5 Å². The van der Waals surface area contributed by atoms with Crippen molar-refractivity contribution in [2.24, 2.45) is 5.41 Å². The second kappa shape index (κ2) is 4.20. The van der Waals surface area contributed by atoms with Crippen molar-refractivity contribution < 1.29 is 14.4 Å². The third-order valence-electron chi connectivity index (χ3n) is 4.95. The molecule has 3 saturated carbocycles. The zero-order valence-electron chi connectivity index (χ0n) is 12.1. The fraction of sp³-hybridized carbons (Fsp3) is 0.786. The van der Waals surface area contributed by atoms with Crippen LogP contribution in [0.1, 0.15) is 32.6 Å². The lowest BCUT2D eigenvalue weighted by atomic mass is 9.39. The number of carbonyl (C=O) groups is 3.